The minimum Gasteiger partial charge on any atom is -0.337 e. The fraction of sp³-hybridized carbons (Fsp3) is 0.158. The lowest BCUT2D eigenvalue weighted by Crippen LogP contribution is -2.30. The summed E-state index contributed by atoms with van der Waals surface area (Å²) in [4.78, 5) is 16.4. The molecule has 0 aliphatic carbocycles. The van der Waals surface area contributed by atoms with Gasteiger partial charge in [0.1, 0.15) is 16.6 Å². The second-order valence-electron chi connectivity index (χ2n) is 5.80. The molecule has 0 atom stereocenters. The van der Waals surface area contributed by atoms with Gasteiger partial charge in [-0.1, -0.05) is 29.8 Å². The molecule has 0 saturated heterocycles. The average molecular weight is 373 g/mol. The zero-order valence-corrected chi connectivity index (χ0v) is 14.9. The predicted octanol–water partition coefficient (Wildman–Crippen LogP) is 4.76. The molecule has 26 heavy (non-hydrogen) atoms. The summed E-state index contributed by atoms with van der Waals surface area (Å²) in [6.45, 7) is 2.40. The Bertz CT molecular complexity index is 889. The minimum absolute atomic E-state index is 0.0651. The first-order valence-electron chi connectivity index (χ1n) is 8.02. The molecule has 2 amide bonds. The number of hydrogen-bond acceptors (Lipinski definition) is 3. The van der Waals surface area contributed by atoms with E-state index >= 15 is 0 Å². The number of amides is 2. The van der Waals surface area contributed by atoms with Gasteiger partial charge in [-0.25, -0.2) is 18.6 Å². The number of carbonyl (C=O) groups excluding carboxylic acids is 1. The highest BCUT2D eigenvalue weighted by Gasteiger charge is 2.07. The number of hydrogen-bond donors (Lipinski definition) is 2. The summed E-state index contributed by atoms with van der Waals surface area (Å²) in [6, 6.07) is 10.5. The Labute approximate surface area is 153 Å². The minimum atomic E-state index is -0.744. The molecular formula is C19H17F2N3OS. The van der Waals surface area contributed by atoms with Crippen molar-refractivity contribution in [2.45, 2.75) is 13.3 Å². The van der Waals surface area contributed by atoms with E-state index in [-0.39, 0.29) is 5.69 Å². The van der Waals surface area contributed by atoms with E-state index in [9.17, 15) is 13.6 Å². The Morgan fingerprint density at radius 3 is 2.50 bits per heavy atom. The number of nitrogens with zero attached hydrogens (tertiary/aromatic N) is 1. The van der Waals surface area contributed by atoms with Crippen LogP contribution in [-0.2, 0) is 6.42 Å². The van der Waals surface area contributed by atoms with Crippen LogP contribution in [0.2, 0.25) is 0 Å². The van der Waals surface area contributed by atoms with E-state index in [4.69, 9.17) is 0 Å². The first-order valence-corrected chi connectivity index (χ1v) is 8.90. The van der Waals surface area contributed by atoms with Gasteiger partial charge in [-0.3, -0.25) is 0 Å². The van der Waals surface area contributed by atoms with Gasteiger partial charge >= 0.3 is 6.03 Å². The number of benzene rings is 2. The van der Waals surface area contributed by atoms with E-state index in [2.05, 4.69) is 15.6 Å². The van der Waals surface area contributed by atoms with Gasteiger partial charge < -0.3 is 10.6 Å². The van der Waals surface area contributed by atoms with Crippen molar-refractivity contribution >= 4 is 23.1 Å². The van der Waals surface area contributed by atoms with Crippen molar-refractivity contribution in [3.63, 3.8) is 0 Å². The standard InChI is InChI=1S/C19H17F2N3OS/c1-12-2-4-13(5-3-12)18-23-16(11-26-18)6-7-22-19(25)24-17-9-14(20)8-15(21)10-17/h2-5,8-11H,6-7H2,1H3,(H2,22,24,25). The number of halogens is 2. The van der Waals surface area contributed by atoms with Gasteiger partial charge in [0.15, 0.2) is 0 Å². The monoisotopic (exact) mass is 373 g/mol. The van der Waals surface area contributed by atoms with E-state index in [0.717, 1.165) is 34.5 Å². The van der Waals surface area contributed by atoms with Crippen LogP contribution in [0.4, 0.5) is 19.3 Å². The molecule has 3 rings (SSSR count). The van der Waals surface area contributed by atoms with Crippen LogP contribution in [0.15, 0.2) is 47.8 Å². The van der Waals surface area contributed by atoms with Gasteiger partial charge in [0, 0.05) is 35.7 Å². The summed E-state index contributed by atoms with van der Waals surface area (Å²) in [5.41, 5.74) is 3.20. The summed E-state index contributed by atoms with van der Waals surface area (Å²) in [7, 11) is 0. The van der Waals surface area contributed by atoms with Crippen molar-refractivity contribution < 1.29 is 13.6 Å². The molecule has 7 heteroatoms. The molecule has 0 aliphatic rings. The lowest BCUT2D eigenvalue weighted by molar-refractivity contribution is 0.252. The third kappa shape index (κ3) is 4.86. The van der Waals surface area contributed by atoms with Crippen LogP contribution >= 0.6 is 11.3 Å². The first kappa shape index (κ1) is 18.0. The predicted molar refractivity (Wildman–Crippen MR) is 99.4 cm³/mol. The van der Waals surface area contributed by atoms with Crippen molar-refractivity contribution in [2.24, 2.45) is 0 Å². The van der Waals surface area contributed by atoms with Crippen LogP contribution in [-0.4, -0.2) is 17.6 Å². The van der Waals surface area contributed by atoms with Crippen LogP contribution in [0, 0.1) is 18.6 Å². The largest absolute Gasteiger partial charge is 0.337 e. The van der Waals surface area contributed by atoms with Crippen LogP contribution in [0.25, 0.3) is 10.6 Å². The Morgan fingerprint density at radius 2 is 1.81 bits per heavy atom. The lowest BCUT2D eigenvalue weighted by atomic mass is 10.2. The molecule has 2 aromatic carbocycles. The van der Waals surface area contributed by atoms with Gasteiger partial charge in [0.05, 0.1) is 5.69 Å². The number of nitrogens with one attached hydrogen (secondary N) is 2. The molecule has 134 valence electrons. The number of aryl methyl sites for hydroxylation is 1. The lowest BCUT2D eigenvalue weighted by Gasteiger charge is -2.07. The molecule has 3 aromatic rings. The summed E-state index contributed by atoms with van der Waals surface area (Å²) < 4.78 is 26.2. The Kier molecular flexibility index (Phi) is 5.58. The highest BCUT2D eigenvalue weighted by Crippen LogP contribution is 2.24. The first-order chi connectivity index (χ1) is 12.5. The maximum absolute atomic E-state index is 13.1. The molecule has 1 aromatic heterocycles. The maximum atomic E-state index is 13.1. The molecule has 0 unspecified atom stereocenters. The second kappa shape index (κ2) is 8.05. The molecule has 2 N–H and O–H groups in total. The van der Waals surface area contributed by atoms with Crippen LogP contribution in [0.3, 0.4) is 0 Å². The summed E-state index contributed by atoms with van der Waals surface area (Å²) in [6.07, 6.45) is 0.563. The highest BCUT2D eigenvalue weighted by molar-refractivity contribution is 7.13. The molecule has 4 nitrogen and oxygen atoms in total. The SMILES string of the molecule is Cc1ccc(-c2nc(CCNC(=O)Nc3cc(F)cc(F)c3)cs2)cc1. The van der Waals surface area contributed by atoms with Crippen molar-refractivity contribution in [2.75, 3.05) is 11.9 Å². The van der Waals surface area contributed by atoms with Crippen molar-refractivity contribution in [3.8, 4) is 10.6 Å². The molecule has 1 heterocycles. The van der Waals surface area contributed by atoms with Gasteiger partial charge in [-0.15, -0.1) is 11.3 Å². The number of rotatable bonds is 5. The van der Waals surface area contributed by atoms with E-state index in [1.165, 1.54) is 5.56 Å². The molecule has 0 fully saturated rings. The smallest absolute Gasteiger partial charge is 0.319 e. The van der Waals surface area contributed by atoms with Crippen LogP contribution in [0.5, 0.6) is 0 Å². The number of urea groups is 1. The Balaban J connectivity index is 1.50. The zero-order valence-electron chi connectivity index (χ0n) is 14.1. The normalized spacial score (nSPS) is 10.6. The fourth-order valence-electron chi connectivity index (χ4n) is 2.36. The highest BCUT2D eigenvalue weighted by atomic mass is 32.1. The number of carbonyl (C=O) groups is 1. The van der Waals surface area contributed by atoms with Crippen molar-refractivity contribution in [1.82, 2.24) is 10.3 Å². The summed E-state index contributed by atoms with van der Waals surface area (Å²) in [5, 5.41) is 7.93. The molecule has 0 bridgehead atoms. The summed E-state index contributed by atoms with van der Waals surface area (Å²) in [5.74, 6) is -1.49. The van der Waals surface area contributed by atoms with E-state index in [0.29, 0.717) is 13.0 Å². The Morgan fingerprint density at radius 1 is 1.12 bits per heavy atom. The topological polar surface area (TPSA) is 54.0 Å². The fourth-order valence-corrected chi connectivity index (χ4v) is 3.22. The van der Waals surface area contributed by atoms with Gasteiger partial charge in [-0.05, 0) is 19.1 Å². The number of anilines is 1. The van der Waals surface area contributed by atoms with Gasteiger partial charge in [0.25, 0.3) is 0 Å². The molecule has 0 saturated carbocycles. The second-order valence-corrected chi connectivity index (χ2v) is 6.66. The van der Waals surface area contributed by atoms with Gasteiger partial charge in [0.2, 0.25) is 0 Å². The average Bonchev–Trinajstić information content (AvgIpc) is 3.03. The Hall–Kier alpha value is -2.80. The quantitative estimate of drug-likeness (QED) is 0.677. The molecule has 0 radical (unpaired) electrons. The molecule has 0 aliphatic heterocycles. The van der Waals surface area contributed by atoms with Crippen molar-refractivity contribution in [3.05, 3.63) is 70.7 Å². The maximum Gasteiger partial charge on any atom is 0.319 e. The van der Waals surface area contributed by atoms with E-state index < -0.39 is 17.7 Å². The summed E-state index contributed by atoms with van der Waals surface area (Å²) >= 11 is 1.55. The molecular weight excluding hydrogens is 356 g/mol. The van der Waals surface area contributed by atoms with Crippen molar-refractivity contribution in [1.29, 1.82) is 0 Å². The zero-order chi connectivity index (χ0) is 18.5. The number of thiazole rings is 1. The number of aromatic nitrogens is 1. The third-order valence-electron chi connectivity index (χ3n) is 3.64. The van der Waals surface area contributed by atoms with Crippen LogP contribution in [0.1, 0.15) is 11.3 Å². The van der Waals surface area contributed by atoms with Gasteiger partial charge in [-0.2, -0.15) is 0 Å². The van der Waals surface area contributed by atoms with E-state index in [1.807, 2.05) is 36.6 Å². The van der Waals surface area contributed by atoms with E-state index in [1.54, 1.807) is 11.3 Å². The molecule has 0 spiro atoms. The van der Waals surface area contributed by atoms with Crippen LogP contribution < -0.4 is 10.6 Å². The third-order valence-corrected chi connectivity index (χ3v) is 4.58.